The number of sulfonamides is 1. The minimum absolute atomic E-state index is 0.0797. The smallest absolute Gasteiger partial charge is 0.321 e. The summed E-state index contributed by atoms with van der Waals surface area (Å²) >= 11 is 3.03. The normalized spacial score (nSPS) is 12.9. The zero-order chi connectivity index (χ0) is 16.2. The van der Waals surface area contributed by atoms with Crippen molar-refractivity contribution in [2.45, 2.75) is 30.7 Å². The number of benzene rings is 1. The van der Waals surface area contributed by atoms with Crippen LogP contribution in [0, 0.1) is 10.1 Å². The van der Waals surface area contributed by atoms with Crippen molar-refractivity contribution in [1.29, 1.82) is 0 Å². The van der Waals surface area contributed by atoms with Gasteiger partial charge in [0.05, 0.1) is 4.92 Å². The Bertz CT molecular complexity index is 661. The molecule has 0 amide bonds. The molecule has 0 spiro atoms. The van der Waals surface area contributed by atoms with Gasteiger partial charge in [-0.2, -0.15) is 4.72 Å². The summed E-state index contributed by atoms with van der Waals surface area (Å²) in [6, 6.07) is 2.09. The van der Waals surface area contributed by atoms with E-state index in [0.717, 1.165) is 12.1 Å². The highest BCUT2D eigenvalue weighted by Crippen LogP contribution is 2.27. The number of nitro groups is 1. The SMILES string of the molecule is CCCC(NS(=O)(=O)c1cc(Br)ccc1[N+](=O)[O-])C(=O)O. The summed E-state index contributed by atoms with van der Waals surface area (Å²) in [4.78, 5) is 20.5. The van der Waals surface area contributed by atoms with Crippen LogP contribution in [0.1, 0.15) is 19.8 Å². The number of halogens is 1. The first kappa shape index (κ1) is 17.5. The van der Waals surface area contributed by atoms with Crippen molar-refractivity contribution in [3.05, 3.63) is 32.8 Å². The highest BCUT2D eigenvalue weighted by Gasteiger charge is 2.30. The van der Waals surface area contributed by atoms with Crippen LogP contribution in [-0.4, -0.2) is 30.5 Å². The van der Waals surface area contributed by atoms with Crippen LogP contribution in [0.2, 0.25) is 0 Å². The molecule has 0 heterocycles. The molecule has 10 heteroatoms. The predicted molar refractivity (Wildman–Crippen MR) is 77.4 cm³/mol. The second-order valence-corrected chi connectivity index (χ2v) is 6.77. The maximum absolute atomic E-state index is 12.2. The van der Waals surface area contributed by atoms with E-state index in [1.54, 1.807) is 6.92 Å². The Balaban J connectivity index is 3.27. The van der Waals surface area contributed by atoms with Crippen LogP contribution < -0.4 is 4.72 Å². The monoisotopic (exact) mass is 380 g/mol. The molecule has 1 atom stereocenters. The molecule has 1 aromatic carbocycles. The minimum atomic E-state index is -4.33. The fourth-order valence-corrected chi connectivity index (χ4v) is 3.56. The Morgan fingerprint density at radius 2 is 2.14 bits per heavy atom. The van der Waals surface area contributed by atoms with Gasteiger partial charge in [0.2, 0.25) is 10.0 Å². The number of hydrogen-bond donors (Lipinski definition) is 2. The van der Waals surface area contributed by atoms with Gasteiger partial charge in [0.1, 0.15) is 6.04 Å². The average molecular weight is 381 g/mol. The molecular weight excluding hydrogens is 368 g/mol. The van der Waals surface area contributed by atoms with E-state index in [9.17, 15) is 23.3 Å². The van der Waals surface area contributed by atoms with Gasteiger partial charge in [-0.1, -0.05) is 29.3 Å². The van der Waals surface area contributed by atoms with Crippen molar-refractivity contribution in [2.24, 2.45) is 0 Å². The Hall–Kier alpha value is -1.52. The number of carboxylic acids is 1. The second-order valence-electron chi connectivity index (χ2n) is 4.17. The van der Waals surface area contributed by atoms with Crippen LogP contribution >= 0.6 is 15.9 Å². The van der Waals surface area contributed by atoms with Crippen LogP contribution in [0.25, 0.3) is 0 Å². The van der Waals surface area contributed by atoms with Gasteiger partial charge >= 0.3 is 5.97 Å². The molecular formula is C11H13BrN2O6S. The standard InChI is InChI=1S/C11H13BrN2O6S/c1-2-3-8(11(15)16)13-21(19,20)10-6-7(12)4-5-9(10)14(17)18/h4-6,8,13H,2-3H2,1H3,(H,15,16). The number of hydrogen-bond acceptors (Lipinski definition) is 5. The van der Waals surface area contributed by atoms with E-state index in [1.165, 1.54) is 6.07 Å². The molecule has 8 nitrogen and oxygen atoms in total. The third-order valence-corrected chi connectivity index (χ3v) is 4.58. The fourth-order valence-electron chi connectivity index (χ4n) is 1.63. The van der Waals surface area contributed by atoms with Gasteiger partial charge < -0.3 is 5.11 Å². The molecule has 0 bridgehead atoms. The molecule has 116 valence electrons. The first-order valence-corrected chi connectivity index (χ1v) is 8.15. The van der Waals surface area contributed by atoms with Gasteiger partial charge in [0.15, 0.2) is 4.90 Å². The maximum atomic E-state index is 12.2. The van der Waals surface area contributed by atoms with Crippen molar-refractivity contribution >= 4 is 37.6 Å². The van der Waals surface area contributed by atoms with Crippen LogP contribution in [0.4, 0.5) is 5.69 Å². The summed E-state index contributed by atoms with van der Waals surface area (Å²) in [6.07, 6.45) is 0.524. The largest absolute Gasteiger partial charge is 0.480 e. The Morgan fingerprint density at radius 3 is 2.62 bits per heavy atom. The van der Waals surface area contributed by atoms with Gasteiger partial charge in [0, 0.05) is 10.5 Å². The molecule has 0 aliphatic rings. The first-order valence-electron chi connectivity index (χ1n) is 5.88. The Labute approximate surface area is 129 Å². The van der Waals surface area contributed by atoms with Crippen molar-refractivity contribution in [3.63, 3.8) is 0 Å². The van der Waals surface area contributed by atoms with E-state index in [0.29, 0.717) is 10.9 Å². The topological polar surface area (TPSA) is 127 Å². The lowest BCUT2D eigenvalue weighted by molar-refractivity contribution is -0.387. The van der Waals surface area contributed by atoms with E-state index in [2.05, 4.69) is 15.9 Å². The highest BCUT2D eigenvalue weighted by atomic mass is 79.9. The Morgan fingerprint density at radius 1 is 1.52 bits per heavy atom. The molecule has 0 aliphatic heterocycles. The Kier molecular flexibility index (Phi) is 5.81. The van der Waals surface area contributed by atoms with Gasteiger partial charge in [-0.3, -0.25) is 14.9 Å². The summed E-state index contributed by atoms with van der Waals surface area (Å²) < 4.78 is 26.7. The van der Waals surface area contributed by atoms with Crippen LogP contribution in [0.15, 0.2) is 27.6 Å². The minimum Gasteiger partial charge on any atom is -0.480 e. The maximum Gasteiger partial charge on any atom is 0.321 e. The molecule has 1 unspecified atom stereocenters. The van der Waals surface area contributed by atoms with Crippen molar-refractivity contribution in [1.82, 2.24) is 4.72 Å². The van der Waals surface area contributed by atoms with E-state index >= 15 is 0 Å². The molecule has 2 N–H and O–H groups in total. The molecule has 0 aliphatic carbocycles. The van der Waals surface area contributed by atoms with Gasteiger partial charge in [-0.25, -0.2) is 8.42 Å². The third-order valence-electron chi connectivity index (χ3n) is 2.58. The number of aliphatic carboxylic acids is 1. The number of carboxylic acid groups (broad SMARTS) is 1. The zero-order valence-corrected chi connectivity index (χ0v) is 13.3. The van der Waals surface area contributed by atoms with E-state index in [-0.39, 0.29) is 6.42 Å². The van der Waals surface area contributed by atoms with Crippen molar-refractivity contribution < 1.29 is 23.2 Å². The second kappa shape index (κ2) is 6.96. The van der Waals surface area contributed by atoms with Crippen molar-refractivity contribution in [2.75, 3.05) is 0 Å². The summed E-state index contributed by atoms with van der Waals surface area (Å²) in [5.41, 5.74) is -0.619. The zero-order valence-electron chi connectivity index (χ0n) is 10.9. The lowest BCUT2D eigenvalue weighted by Gasteiger charge is -2.14. The summed E-state index contributed by atoms with van der Waals surface area (Å²) in [5.74, 6) is -1.34. The summed E-state index contributed by atoms with van der Waals surface area (Å²) in [7, 11) is -4.33. The number of nitrogens with one attached hydrogen (secondary N) is 1. The van der Waals surface area contributed by atoms with Crippen LogP contribution in [-0.2, 0) is 14.8 Å². The van der Waals surface area contributed by atoms with Gasteiger partial charge in [-0.05, 0) is 18.6 Å². The molecule has 0 saturated heterocycles. The summed E-state index contributed by atoms with van der Waals surface area (Å²) in [5, 5.41) is 19.9. The van der Waals surface area contributed by atoms with Crippen LogP contribution in [0.3, 0.4) is 0 Å². The third kappa shape index (κ3) is 4.48. The predicted octanol–water partition coefficient (Wildman–Crippen LogP) is 1.89. The number of nitro benzene ring substituents is 1. The van der Waals surface area contributed by atoms with E-state index < -0.39 is 37.5 Å². The molecule has 0 radical (unpaired) electrons. The first-order chi connectivity index (χ1) is 9.69. The number of rotatable bonds is 7. The average Bonchev–Trinajstić information content (AvgIpc) is 2.37. The molecule has 1 aromatic rings. The molecule has 0 saturated carbocycles. The lowest BCUT2D eigenvalue weighted by Crippen LogP contribution is -2.40. The molecule has 21 heavy (non-hydrogen) atoms. The van der Waals surface area contributed by atoms with Gasteiger partial charge in [-0.15, -0.1) is 0 Å². The quantitative estimate of drug-likeness (QED) is 0.549. The molecule has 1 rings (SSSR count). The lowest BCUT2D eigenvalue weighted by atomic mass is 10.2. The van der Waals surface area contributed by atoms with E-state index in [1.807, 2.05) is 4.72 Å². The molecule has 0 fully saturated rings. The summed E-state index contributed by atoms with van der Waals surface area (Å²) in [6.45, 7) is 1.70. The number of carbonyl (C=O) groups is 1. The number of nitrogens with zero attached hydrogens (tertiary/aromatic N) is 1. The van der Waals surface area contributed by atoms with Gasteiger partial charge in [0.25, 0.3) is 5.69 Å². The molecule has 0 aromatic heterocycles. The fraction of sp³-hybridized carbons (Fsp3) is 0.364. The highest BCUT2D eigenvalue weighted by molar-refractivity contribution is 9.10. The van der Waals surface area contributed by atoms with E-state index in [4.69, 9.17) is 5.11 Å². The van der Waals surface area contributed by atoms with Crippen LogP contribution in [0.5, 0.6) is 0 Å². The van der Waals surface area contributed by atoms with Crippen molar-refractivity contribution in [3.8, 4) is 0 Å².